The first kappa shape index (κ1) is 9.07. The van der Waals surface area contributed by atoms with E-state index in [1.165, 1.54) is 12.8 Å². The topological polar surface area (TPSA) is 29.1 Å². The lowest BCUT2D eigenvalue weighted by atomic mass is 9.94. The van der Waals surface area contributed by atoms with Crippen molar-refractivity contribution in [2.75, 3.05) is 12.4 Å². The van der Waals surface area contributed by atoms with E-state index >= 15 is 0 Å². The zero-order valence-electron chi connectivity index (χ0n) is 7.50. The lowest BCUT2D eigenvalue weighted by Gasteiger charge is -2.17. The van der Waals surface area contributed by atoms with Gasteiger partial charge in [0.2, 0.25) is 5.91 Å². The fourth-order valence-electron chi connectivity index (χ4n) is 2.42. The first-order chi connectivity index (χ1) is 6.29. The molecular weight excluding hydrogens is 186 g/mol. The number of rotatable bonds is 3. The minimum atomic E-state index is -0.0478. The van der Waals surface area contributed by atoms with E-state index in [1.54, 1.807) is 0 Å². The molecule has 2 rings (SSSR count). The molecule has 0 saturated heterocycles. The van der Waals surface area contributed by atoms with Crippen LogP contribution in [0.2, 0.25) is 0 Å². The van der Waals surface area contributed by atoms with Crippen molar-refractivity contribution >= 4 is 17.5 Å². The van der Waals surface area contributed by atoms with Crippen molar-refractivity contribution in [2.24, 2.45) is 17.8 Å². The van der Waals surface area contributed by atoms with Crippen LogP contribution >= 0.6 is 11.6 Å². The highest BCUT2D eigenvalue weighted by atomic mass is 35.5. The fraction of sp³-hybridized carbons (Fsp3) is 0.700. The normalized spacial score (nSPS) is 35.3. The van der Waals surface area contributed by atoms with Crippen LogP contribution in [0.25, 0.3) is 0 Å². The average Bonchev–Trinajstić information content (AvgIpc) is 2.74. The number of hydrogen-bond donors (Lipinski definition) is 1. The first-order valence-corrected chi connectivity index (χ1v) is 5.34. The molecule has 0 heterocycles. The van der Waals surface area contributed by atoms with Gasteiger partial charge < -0.3 is 5.32 Å². The van der Waals surface area contributed by atoms with Crippen LogP contribution in [0.3, 0.4) is 0 Å². The molecule has 2 aliphatic rings. The van der Waals surface area contributed by atoms with Gasteiger partial charge in [0.05, 0.1) is 0 Å². The molecular formula is C10H14ClNO. The summed E-state index contributed by atoms with van der Waals surface area (Å²) in [4.78, 5) is 10.9. The molecule has 0 aliphatic heterocycles. The van der Waals surface area contributed by atoms with Gasteiger partial charge >= 0.3 is 0 Å². The Kier molecular flexibility index (Phi) is 2.58. The molecule has 3 atom stereocenters. The lowest BCUT2D eigenvalue weighted by molar-refractivity contribution is -0.118. The fourth-order valence-corrected chi connectivity index (χ4v) is 2.52. The van der Waals surface area contributed by atoms with E-state index in [9.17, 15) is 4.79 Å². The summed E-state index contributed by atoms with van der Waals surface area (Å²) >= 11 is 5.39. The van der Waals surface area contributed by atoms with Gasteiger partial charge in [0.1, 0.15) is 5.88 Å². The zero-order valence-corrected chi connectivity index (χ0v) is 8.26. The molecule has 1 fully saturated rings. The van der Waals surface area contributed by atoms with Crippen molar-refractivity contribution in [3.63, 3.8) is 0 Å². The Morgan fingerprint density at radius 1 is 1.46 bits per heavy atom. The van der Waals surface area contributed by atoms with E-state index in [0.29, 0.717) is 11.8 Å². The van der Waals surface area contributed by atoms with Crippen LogP contribution < -0.4 is 5.32 Å². The molecule has 72 valence electrons. The van der Waals surface area contributed by atoms with Crippen LogP contribution in [0.1, 0.15) is 12.8 Å². The predicted octanol–water partition coefficient (Wildman–Crippen LogP) is 1.55. The molecule has 2 nitrogen and oxygen atoms in total. The molecule has 1 unspecified atom stereocenters. The number of amides is 1. The van der Waals surface area contributed by atoms with Gasteiger partial charge in [-0.05, 0) is 30.6 Å². The molecule has 2 bridgehead atoms. The summed E-state index contributed by atoms with van der Waals surface area (Å²) in [6, 6.07) is 0. The second-order valence-electron chi connectivity index (χ2n) is 3.98. The maximum Gasteiger partial charge on any atom is 0.234 e. The van der Waals surface area contributed by atoms with Crippen LogP contribution in [0, 0.1) is 17.8 Å². The van der Waals surface area contributed by atoms with Gasteiger partial charge in [-0.2, -0.15) is 0 Å². The molecule has 1 amide bonds. The Morgan fingerprint density at radius 2 is 2.31 bits per heavy atom. The smallest absolute Gasteiger partial charge is 0.234 e. The second-order valence-corrected chi connectivity index (χ2v) is 4.25. The van der Waals surface area contributed by atoms with E-state index < -0.39 is 0 Å². The summed E-state index contributed by atoms with van der Waals surface area (Å²) < 4.78 is 0. The summed E-state index contributed by atoms with van der Waals surface area (Å²) in [6.45, 7) is 0.803. The van der Waals surface area contributed by atoms with Gasteiger partial charge in [-0.15, -0.1) is 11.6 Å². The van der Waals surface area contributed by atoms with E-state index in [4.69, 9.17) is 11.6 Å². The summed E-state index contributed by atoms with van der Waals surface area (Å²) in [5.74, 6) is 2.18. The number of halogens is 1. The van der Waals surface area contributed by atoms with E-state index in [-0.39, 0.29) is 11.8 Å². The van der Waals surface area contributed by atoms with Crippen molar-refractivity contribution in [1.82, 2.24) is 5.32 Å². The number of alkyl halides is 1. The number of hydrogen-bond acceptors (Lipinski definition) is 1. The average molecular weight is 200 g/mol. The van der Waals surface area contributed by atoms with Gasteiger partial charge in [0.15, 0.2) is 0 Å². The Bertz CT molecular complexity index is 239. The van der Waals surface area contributed by atoms with Crippen LogP contribution in [-0.2, 0) is 4.79 Å². The number of carbonyl (C=O) groups is 1. The molecule has 0 aromatic rings. The molecule has 13 heavy (non-hydrogen) atoms. The summed E-state index contributed by atoms with van der Waals surface area (Å²) in [5, 5.41) is 2.85. The molecule has 0 spiro atoms. The van der Waals surface area contributed by atoms with Gasteiger partial charge in [0.25, 0.3) is 0 Å². The zero-order chi connectivity index (χ0) is 9.26. The van der Waals surface area contributed by atoms with Crippen molar-refractivity contribution in [3.05, 3.63) is 12.2 Å². The lowest BCUT2D eigenvalue weighted by Crippen LogP contribution is -2.31. The molecule has 1 N–H and O–H groups in total. The quantitative estimate of drug-likeness (QED) is 0.543. The highest BCUT2D eigenvalue weighted by molar-refractivity contribution is 6.27. The Morgan fingerprint density at radius 3 is 2.85 bits per heavy atom. The third kappa shape index (κ3) is 1.88. The van der Waals surface area contributed by atoms with E-state index in [2.05, 4.69) is 17.5 Å². The Balaban J connectivity index is 1.78. The van der Waals surface area contributed by atoms with Crippen LogP contribution in [0.15, 0.2) is 12.2 Å². The van der Waals surface area contributed by atoms with Crippen molar-refractivity contribution in [2.45, 2.75) is 12.8 Å². The highest BCUT2D eigenvalue weighted by Crippen LogP contribution is 2.42. The summed E-state index contributed by atoms with van der Waals surface area (Å²) in [6.07, 6.45) is 7.14. The number of fused-ring (bicyclic) bond motifs is 2. The largest absolute Gasteiger partial charge is 0.355 e. The Labute approximate surface area is 83.3 Å². The monoisotopic (exact) mass is 199 g/mol. The SMILES string of the molecule is O=C(CCl)NCC1C[C@@H]2C=C[C@H]1C2. The van der Waals surface area contributed by atoms with Gasteiger partial charge in [0, 0.05) is 6.54 Å². The third-order valence-corrected chi connectivity index (χ3v) is 3.34. The Hall–Kier alpha value is -0.500. The highest BCUT2D eigenvalue weighted by Gasteiger charge is 2.35. The summed E-state index contributed by atoms with van der Waals surface area (Å²) in [7, 11) is 0. The molecule has 3 heteroatoms. The van der Waals surface area contributed by atoms with Gasteiger partial charge in [-0.25, -0.2) is 0 Å². The minimum absolute atomic E-state index is 0.0478. The van der Waals surface area contributed by atoms with Crippen LogP contribution in [0.5, 0.6) is 0 Å². The number of nitrogens with one attached hydrogen (secondary N) is 1. The van der Waals surface area contributed by atoms with E-state index in [0.717, 1.165) is 12.5 Å². The van der Waals surface area contributed by atoms with Crippen molar-refractivity contribution in [1.29, 1.82) is 0 Å². The molecule has 0 aromatic carbocycles. The molecule has 0 aromatic heterocycles. The molecule has 0 radical (unpaired) electrons. The van der Waals surface area contributed by atoms with Gasteiger partial charge in [-0.1, -0.05) is 12.2 Å². The molecule has 2 aliphatic carbocycles. The number of allylic oxidation sites excluding steroid dienone is 2. The minimum Gasteiger partial charge on any atom is -0.355 e. The number of carbonyl (C=O) groups excluding carboxylic acids is 1. The van der Waals surface area contributed by atoms with E-state index in [1.807, 2.05) is 0 Å². The van der Waals surface area contributed by atoms with Crippen LogP contribution in [0.4, 0.5) is 0 Å². The maximum absolute atomic E-state index is 10.9. The predicted molar refractivity (Wildman–Crippen MR) is 52.6 cm³/mol. The van der Waals surface area contributed by atoms with Crippen LogP contribution in [-0.4, -0.2) is 18.3 Å². The standard InChI is InChI=1S/C10H14ClNO/c11-5-10(13)12-6-9-4-7-1-2-8(9)3-7/h1-2,7-9H,3-6H2,(H,12,13)/t7-,8+,9?/m1/s1. The third-order valence-electron chi connectivity index (χ3n) is 3.10. The molecule has 1 saturated carbocycles. The van der Waals surface area contributed by atoms with Crippen molar-refractivity contribution < 1.29 is 4.79 Å². The van der Waals surface area contributed by atoms with Gasteiger partial charge in [-0.3, -0.25) is 4.79 Å². The van der Waals surface area contributed by atoms with Crippen molar-refractivity contribution in [3.8, 4) is 0 Å². The second kappa shape index (κ2) is 3.70. The maximum atomic E-state index is 10.9. The summed E-state index contributed by atoms with van der Waals surface area (Å²) in [5.41, 5.74) is 0. The first-order valence-electron chi connectivity index (χ1n) is 4.80.